The lowest BCUT2D eigenvalue weighted by Crippen LogP contribution is -2.31. The minimum atomic E-state index is -3.59. The molecule has 1 aromatic carbocycles. The van der Waals surface area contributed by atoms with Crippen molar-refractivity contribution in [2.45, 2.75) is 13.3 Å². The molecule has 0 bridgehead atoms. The second kappa shape index (κ2) is 7.78. The Bertz CT molecular complexity index is 672. The first-order chi connectivity index (χ1) is 9.83. The fraction of sp³-hybridized carbons (Fsp3) is 0.357. The number of primary sulfonamides is 1. The number of benzene rings is 1. The van der Waals surface area contributed by atoms with Gasteiger partial charge in [-0.05, 0) is 24.6 Å². The van der Waals surface area contributed by atoms with Crippen molar-refractivity contribution in [1.29, 1.82) is 0 Å². The van der Waals surface area contributed by atoms with Crippen LogP contribution in [-0.4, -0.2) is 38.3 Å². The summed E-state index contributed by atoms with van der Waals surface area (Å²) in [6, 6.07) is 5.03. The maximum absolute atomic E-state index is 11.9. The van der Waals surface area contributed by atoms with Gasteiger partial charge in [0.2, 0.25) is 10.0 Å². The number of aryl methyl sites for hydroxylation is 1. The van der Waals surface area contributed by atoms with Gasteiger partial charge in [-0.3, -0.25) is 4.79 Å². The van der Waals surface area contributed by atoms with Crippen molar-refractivity contribution in [2.24, 2.45) is 5.14 Å². The van der Waals surface area contributed by atoms with Crippen LogP contribution < -0.4 is 10.5 Å². The molecule has 114 valence electrons. The summed E-state index contributed by atoms with van der Waals surface area (Å²) in [5.74, 6) is 4.98. The summed E-state index contributed by atoms with van der Waals surface area (Å²) in [5, 5.41) is 16.0. The number of hydrogen-bond donors (Lipinski definition) is 3. The number of hydrogen-bond acceptors (Lipinski definition) is 4. The maximum atomic E-state index is 11.9. The lowest BCUT2D eigenvalue weighted by molar-refractivity contribution is 0.0956. The van der Waals surface area contributed by atoms with Crippen molar-refractivity contribution >= 4 is 15.9 Å². The zero-order chi connectivity index (χ0) is 15.9. The lowest BCUT2D eigenvalue weighted by atomic mass is 10.0. The van der Waals surface area contributed by atoms with Crippen molar-refractivity contribution in [2.75, 3.05) is 18.9 Å². The number of rotatable bonds is 5. The maximum Gasteiger partial charge on any atom is 0.251 e. The highest BCUT2D eigenvalue weighted by atomic mass is 32.2. The van der Waals surface area contributed by atoms with E-state index < -0.39 is 10.0 Å². The standard InChI is InChI=1S/C14H18N2O4S/c1-11-5-6-13(10-12(11)4-2-3-8-17)14(18)16-7-9-21(15,19)20/h5-6,10,17H,3,7-9H2,1H3,(H,16,18)(H2,15,19,20). The molecule has 0 unspecified atom stereocenters. The number of carbonyl (C=O) groups excluding carboxylic acids is 1. The van der Waals surface area contributed by atoms with Crippen LogP contribution in [0.25, 0.3) is 0 Å². The number of sulfonamides is 1. The van der Waals surface area contributed by atoms with Gasteiger partial charge < -0.3 is 10.4 Å². The van der Waals surface area contributed by atoms with Crippen LogP contribution in [0, 0.1) is 18.8 Å². The average molecular weight is 310 g/mol. The van der Waals surface area contributed by atoms with Gasteiger partial charge in [-0.2, -0.15) is 0 Å². The van der Waals surface area contributed by atoms with Crippen LogP contribution in [0.5, 0.6) is 0 Å². The molecule has 1 amide bonds. The number of aliphatic hydroxyl groups excluding tert-OH is 1. The van der Waals surface area contributed by atoms with Crippen LogP contribution in [0.4, 0.5) is 0 Å². The summed E-state index contributed by atoms with van der Waals surface area (Å²) in [4.78, 5) is 11.9. The van der Waals surface area contributed by atoms with E-state index in [9.17, 15) is 13.2 Å². The van der Waals surface area contributed by atoms with E-state index in [-0.39, 0.29) is 24.8 Å². The van der Waals surface area contributed by atoms with Gasteiger partial charge in [-0.15, -0.1) is 0 Å². The molecule has 7 heteroatoms. The van der Waals surface area contributed by atoms with Crippen LogP contribution in [0.2, 0.25) is 0 Å². The summed E-state index contributed by atoms with van der Waals surface area (Å²) in [7, 11) is -3.59. The average Bonchev–Trinajstić information content (AvgIpc) is 2.39. The second-order valence-electron chi connectivity index (χ2n) is 4.43. The van der Waals surface area contributed by atoms with E-state index in [4.69, 9.17) is 10.2 Å². The summed E-state index contributed by atoms with van der Waals surface area (Å²) >= 11 is 0. The molecule has 0 saturated carbocycles. The monoisotopic (exact) mass is 310 g/mol. The number of amides is 1. The molecule has 0 saturated heterocycles. The van der Waals surface area contributed by atoms with E-state index in [0.29, 0.717) is 17.5 Å². The Labute approximate surface area is 124 Å². The van der Waals surface area contributed by atoms with Crippen LogP contribution in [0.15, 0.2) is 18.2 Å². The predicted octanol–water partition coefficient (Wildman–Crippen LogP) is -0.253. The topological polar surface area (TPSA) is 109 Å². The summed E-state index contributed by atoms with van der Waals surface area (Å²) in [5.41, 5.74) is 2.01. The first-order valence-electron chi connectivity index (χ1n) is 6.32. The van der Waals surface area contributed by atoms with Crippen molar-refractivity contribution in [3.05, 3.63) is 34.9 Å². The van der Waals surface area contributed by atoms with Crippen LogP contribution in [0.1, 0.15) is 27.9 Å². The van der Waals surface area contributed by atoms with E-state index >= 15 is 0 Å². The molecule has 4 N–H and O–H groups in total. The van der Waals surface area contributed by atoms with Crippen LogP contribution in [-0.2, 0) is 10.0 Å². The van der Waals surface area contributed by atoms with Gasteiger partial charge in [0.05, 0.1) is 12.4 Å². The fourth-order valence-corrected chi connectivity index (χ4v) is 1.91. The third kappa shape index (κ3) is 6.40. The Morgan fingerprint density at radius 1 is 1.43 bits per heavy atom. The smallest absolute Gasteiger partial charge is 0.251 e. The Morgan fingerprint density at radius 3 is 2.76 bits per heavy atom. The minimum Gasteiger partial charge on any atom is -0.395 e. The number of nitrogens with one attached hydrogen (secondary N) is 1. The highest BCUT2D eigenvalue weighted by Crippen LogP contribution is 2.10. The molecule has 1 aromatic rings. The largest absolute Gasteiger partial charge is 0.395 e. The molecule has 6 nitrogen and oxygen atoms in total. The molecule has 0 radical (unpaired) electrons. The van der Waals surface area contributed by atoms with Gasteiger partial charge in [0.15, 0.2) is 0 Å². The van der Waals surface area contributed by atoms with Gasteiger partial charge in [-0.1, -0.05) is 17.9 Å². The van der Waals surface area contributed by atoms with Crippen molar-refractivity contribution in [3.63, 3.8) is 0 Å². The fourth-order valence-electron chi connectivity index (χ4n) is 1.52. The summed E-state index contributed by atoms with van der Waals surface area (Å²) in [6.07, 6.45) is 0.365. The van der Waals surface area contributed by atoms with Gasteiger partial charge in [0.25, 0.3) is 5.91 Å². The highest BCUT2D eigenvalue weighted by Gasteiger charge is 2.09. The van der Waals surface area contributed by atoms with E-state index in [1.54, 1.807) is 18.2 Å². The number of aliphatic hydroxyl groups is 1. The van der Waals surface area contributed by atoms with Crippen LogP contribution >= 0.6 is 0 Å². The molecule has 1 rings (SSSR count). The Hall–Kier alpha value is -1.88. The summed E-state index contributed by atoms with van der Waals surface area (Å²) < 4.78 is 21.6. The van der Waals surface area contributed by atoms with Crippen molar-refractivity contribution < 1.29 is 18.3 Å². The number of carbonyl (C=O) groups is 1. The lowest BCUT2D eigenvalue weighted by Gasteiger charge is -2.06. The van der Waals surface area contributed by atoms with Crippen LogP contribution in [0.3, 0.4) is 0 Å². The zero-order valence-corrected chi connectivity index (χ0v) is 12.5. The Balaban J connectivity index is 2.77. The molecule has 0 heterocycles. The molecular formula is C14H18N2O4S. The molecular weight excluding hydrogens is 292 g/mol. The van der Waals surface area contributed by atoms with Gasteiger partial charge in [-0.25, -0.2) is 13.6 Å². The Kier molecular flexibility index (Phi) is 6.37. The summed E-state index contributed by atoms with van der Waals surface area (Å²) in [6.45, 7) is 1.81. The highest BCUT2D eigenvalue weighted by molar-refractivity contribution is 7.89. The molecule has 0 aromatic heterocycles. The van der Waals surface area contributed by atoms with E-state index in [1.165, 1.54) is 0 Å². The third-order valence-corrected chi connectivity index (χ3v) is 3.40. The first kappa shape index (κ1) is 17.2. The van der Waals surface area contributed by atoms with Crippen molar-refractivity contribution in [3.8, 4) is 11.8 Å². The first-order valence-corrected chi connectivity index (χ1v) is 8.04. The van der Waals surface area contributed by atoms with Gasteiger partial charge in [0.1, 0.15) is 0 Å². The van der Waals surface area contributed by atoms with E-state index in [1.807, 2.05) is 6.92 Å². The molecule has 0 aliphatic rings. The normalized spacial score (nSPS) is 10.6. The van der Waals surface area contributed by atoms with E-state index in [0.717, 1.165) is 5.56 Å². The number of nitrogens with two attached hydrogens (primary N) is 1. The quantitative estimate of drug-likeness (QED) is 0.651. The zero-order valence-electron chi connectivity index (χ0n) is 11.7. The Morgan fingerprint density at radius 2 is 2.14 bits per heavy atom. The molecule has 21 heavy (non-hydrogen) atoms. The van der Waals surface area contributed by atoms with E-state index in [2.05, 4.69) is 17.2 Å². The SMILES string of the molecule is Cc1ccc(C(=O)NCCS(N)(=O)=O)cc1C#CCCO. The minimum absolute atomic E-state index is 0.0141. The molecule has 0 atom stereocenters. The van der Waals surface area contributed by atoms with Gasteiger partial charge in [0, 0.05) is 24.1 Å². The second-order valence-corrected chi connectivity index (χ2v) is 6.16. The van der Waals surface area contributed by atoms with Crippen molar-refractivity contribution in [1.82, 2.24) is 5.32 Å². The third-order valence-electron chi connectivity index (χ3n) is 2.63. The predicted molar refractivity (Wildman–Crippen MR) is 80.1 cm³/mol. The molecule has 0 fully saturated rings. The molecule has 0 spiro atoms. The molecule has 0 aliphatic heterocycles. The molecule has 0 aliphatic carbocycles. The van der Waals surface area contributed by atoms with Gasteiger partial charge >= 0.3 is 0 Å².